The van der Waals surface area contributed by atoms with Crippen molar-refractivity contribution in [3.63, 3.8) is 0 Å². The Kier molecular flexibility index (Phi) is 4.10. The van der Waals surface area contributed by atoms with Gasteiger partial charge in [-0.2, -0.15) is 0 Å². The lowest BCUT2D eigenvalue weighted by atomic mass is 10.0. The number of halogens is 1. The van der Waals surface area contributed by atoms with Crippen molar-refractivity contribution in [2.75, 3.05) is 26.3 Å². The van der Waals surface area contributed by atoms with Gasteiger partial charge in [-0.1, -0.05) is 28.1 Å². The summed E-state index contributed by atoms with van der Waals surface area (Å²) in [6.07, 6.45) is 2.00. The van der Waals surface area contributed by atoms with Crippen LogP contribution in [0.4, 0.5) is 0 Å². The monoisotopic (exact) mass is 339 g/mol. The summed E-state index contributed by atoms with van der Waals surface area (Å²) in [6, 6.07) is 7.90. The van der Waals surface area contributed by atoms with Crippen LogP contribution in [0, 0.1) is 0 Å². The van der Waals surface area contributed by atoms with E-state index >= 15 is 0 Å². The highest BCUT2D eigenvalue weighted by Crippen LogP contribution is 2.31. The van der Waals surface area contributed by atoms with Gasteiger partial charge < -0.3 is 14.4 Å². The van der Waals surface area contributed by atoms with Crippen molar-refractivity contribution in [2.45, 2.75) is 25.0 Å². The average Bonchev–Trinajstić information content (AvgIpc) is 2.88. The third-order valence-electron chi connectivity index (χ3n) is 3.94. The van der Waals surface area contributed by atoms with Crippen molar-refractivity contribution in [2.24, 2.45) is 0 Å². The van der Waals surface area contributed by atoms with Crippen molar-refractivity contribution in [3.8, 4) is 0 Å². The third-order valence-corrected chi connectivity index (χ3v) is 4.43. The van der Waals surface area contributed by atoms with Crippen molar-refractivity contribution >= 4 is 21.8 Å². The zero-order valence-corrected chi connectivity index (χ0v) is 12.9. The van der Waals surface area contributed by atoms with E-state index in [-0.39, 0.29) is 5.91 Å². The first-order valence-electron chi connectivity index (χ1n) is 6.97. The fourth-order valence-corrected chi connectivity index (χ4v) is 3.26. The number of likely N-dealkylation sites (tertiary alicyclic amines) is 1. The molecule has 1 aromatic rings. The predicted octanol–water partition coefficient (Wildman–Crippen LogP) is 2.36. The van der Waals surface area contributed by atoms with Gasteiger partial charge in [0.1, 0.15) is 0 Å². The molecular formula is C15H18BrNO3. The van der Waals surface area contributed by atoms with Gasteiger partial charge in [0.2, 0.25) is 5.91 Å². The quantitative estimate of drug-likeness (QED) is 0.830. The maximum atomic E-state index is 12.3. The first-order chi connectivity index (χ1) is 9.67. The highest BCUT2D eigenvalue weighted by molar-refractivity contribution is 9.10. The van der Waals surface area contributed by atoms with E-state index in [2.05, 4.69) is 15.9 Å². The average molecular weight is 340 g/mol. The summed E-state index contributed by atoms with van der Waals surface area (Å²) in [4.78, 5) is 14.2. The molecule has 1 spiro atoms. The molecule has 2 heterocycles. The minimum Gasteiger partial charge on any atom is -0.347 e. The van der Waals surface area contributed by atoms with E-state index in [1.165, 1.54) is 0 Å². The van der Waals surface area contributed by atoms with Gasteiger partial charge in [0, 0.05) is 30.4 Å². The molecule has 4 nitrogen and oxygen atoms in total. The largest absolute Gasteiger partial charge is 0.347 e. The summed E-state index contributed by atoms with van der Waals surface area (Å²) in [5.74, 6) is -0.233. The molecule has 0 unspecified atom stereocenters. The fraction of sp³-hybridized carbons (Fsp3) is 0.533. The van der Waals surface area contributed by atoms with Gasteiger partial charge in [-0.15, -0.1) is 0 Å². The van der Waals surface area contributed by atoms with Crippen LogP contribution in [0.25, 0.3) is 0 Å². The van der Waals surface area contributed by atoms with Gasteiger partial charge in [0.05, 0.1) is 19.6 Å². The second-order valence-corrected chi connectivity index (χ2v) is 6.21. The lowest BCUT2D eigenvalue weighted by Gasteiger charge is -2.37. The van der Waals surface area contributed by atoms with Crippen LogP contribution in [0.2, 0.25) is 0 Å². The Labute approximate surface area is 127 Å². The third kappa shape index (κ3) is 3.05. The van der Waals surface area contributed by atoms with Gasteiger partial charge in [0.15, 0.2) is 5.79 Å². The van der Waals surface area contributed by atoms with Gasteiger partial charge >= 0.3 is 0 Å². The molecule has 0 bridgehead atoms. The van der Waals surface area contributed by atoms with Crippen LogP contribution in [-0.4, -0.2) is 42.9 Å². The molecule has 108 valence electrons. The Morgan fingerprint density at radius 3 is 2.60 bits per heavy atom. The minimum absolute atomic E-state index is 0.177. The molecule has 1 aromatic carbocycles. The van der Waals surface area contributed by atoms with E-state index in [0.29, 0.717) is 32.7 Å². The van der Waals surface area contributed by atoms with Crippen LogP contribution in [0.15, 0.2) is 28.7 Å². The summed E-state index contributed by atoms with van der Waals surface area (Å²) in [6.45, 7) is 2.78. The van der Waals surface area contributed by atoms with E-state index in [0.717, 1.165) is 22.9 Å². The smallest absolute Gasteiger partial charge is 0.226 e. The molecule has 0 saturated carbocycles. The minimum atomic E-state index is -0.410. The Morgan fingerprint density at radius 1 is 1.25 bits per heavy atom. The molecule has 0 atom stereocenters. The molecule has 2 aliphatic rings. The maximum absolute atomic E-state index is 12.3. The van der Waals surface area contributed by atoms with Crippen LogP contribution in [0.3, 0.4) is 0 Å². The normalized spacial score (nSPS) is 21.4. The van der Waals surface area contributed by atoms with Crippen molar-refractivity contribution < 1.29 is 14.3 Å². The molecule has 1 amide bonds. The zero-order valence-electron chi connectivity index (χ0n) is 11.3. The van der Waals surface area contributed by atoms with Crippen molar-refractivity contribution in [3.05, 3.63) is 34.3 Å². The van der Waals surface area contributed by atoms with E-state index < -0.39 is 5.79 Å². The number of amides is 1. The molecule has 2 saturated heterocycles. The topological polar surface area (TPSA) is 38.8 Å². The van der Waals surface area contributed by atoms with E-state index in [1.54, 1.807) is 0 Å². The summed E-state index contributed by atoms with van der Waals surface area (Å²) < 4.78 is 12.4. The molecule has 20 heavy (non-hydrogen) atoms. The molecule has 0 N–H and O–H groups in total. The summed E-state index contributed by atoms with van der Waals surface area (Å²) in [7, 11) is 0. The van der Waals surface area contributed by atoms with E-state index in [4.69, 9.17) is 9.47 Å². The molecule has 3 rings (SSSR count). The van der Waals surface area contributed by atoms with E-state index in [1.807, 2.05) is 29.2 Å². The number of hydrogen-bond acceptors (Lipinski definition) is 3. The van der Waals surface area contributed by atoms with Crippen LogP contribution in [-0.2, 0) is 20.7 Å². The Balaban J connectivity index is 1.56. The first kappa shape index (κ1) is 14.0. The number of carbonyl (C=O) groups is 1. The highest BCUT2D eigenvalue weighted by Gasteiger charge is 2.40. The van der Waals surface area contributed by atoms with Crippen molar-refractivity contribution in [1.82, 2.24) is 4.90 Å². The Hall–Kier alpha value is -0.910. The highest BCUT2D eigenvalue weighted by atomic mass is 79.9. The Morgan fingerprint density at radius 2 is 1.95 bits per heavy atom. The van der Waals surface area contributed by atoms with Crippen molar-refractivity contribution in [1.29, 1.82) is 0 Å². The van der Waals surface area contributed by atoms with Crippen LogP contribution in [0.1, 0.15) is 18.4 Å². The molecule has 0 aliphatic carbocycles. The number of benzene rings is 1. The number of carbonyl (C=O) groups excluding carboxylic acids is 1. The number of hydrogen-bond donors (Lipinski definition) is 0. The first-order valence-corrected chi connectivity index (χ1v) is 7.76. The van der Waals surface area contributed by atoms with Crippen LogP contribution < -0.4 is 0 Å². The van der Waals surface area contributed by atoms with Gasteiger partial charge in [-0.25, -0.2) is 0 Å². The van der Waals surface area contributed by atoms with Gasteiger partial charge in [0.25, 0.3) is 0 Å². The zero-order chi connectivity index (χ0) is 14.0. The van der Waals surface area contributed by atoms with E-state index in [9.17, 15) is 4.79 Å². The molecule has 2 aliphatic heterocycles. The standard InChI is InChI=1S/C15H18BrNO3/c16-13-3-1-2-12(10-13)11-14(18)17-6-4-15(5-7-17)19-8-9-20-15/h1-3,10H,4-9,11H2. The Bertz CT molecular complexity index is 490. The second kappa shape index (κ2) is 5.84. The van der Waals surface area contributed by atoms with Gasteiger partial charge in [-0.3, -0.25) is 4.79 Å². The number of piperidine rings is 1. The summed E-state index contributed by atoms with van der Waals surface area (Å²) >= 11 is 3.43. The lowest BCUT2D eigenvalue weighted by molar-refractivity contribution is -0.187. The number of nitrogens with zero attached hydrogens (tertiary/aromatic N) is 1. The molecule has 0 aromatic heterocycles. The summed E-state index contributed by atoms with van der Waals surface area (Å²) in [5, 5.41) is 0. The van der Waals surface area contributed by atoms with Gasteiger partial charge in [-0.05, 0) is 17.7 Å². The fourth-order valence-electron chi connectivity index (χ4n) is 2.82. The summed E-state index contributed by atoms with van der Waals surface area (Å²) in [5.41, 5.74) is 1.04. The SMILES string of the molecule is O=C(Cc1cccc(Br)c1)N1CCC2(CC1)OCCO2. The molecule has 5 heteroatoms. The lowest BCUT2D eigenvalue weighted by Crippen LogP contribution is -2.47. The van der Waals surface area contributed by atoms with Crippen LogP contribution >= 0.6 is 15.9 Å². The molecule has 0 radical (unpaired) electrons. The maximum Gasteiger partial charge on any atom is 0.226 e. The predicted molar refractivity (Wildman–Crippen MR) is 78.3 cm³/mol. The molecular weight excluding hydrogens is 322 g/mol. The molecule has 2 fully saturated rings. The number of rotatable bonds is 2. The second-order valence-electron chi connectivity index (χ2n) is 5.30. The van der Waals surface area contributed by atoms with Crippen LogP contribution in [0.5, 0.6) is 0 Å². The number of ether oxygens (including phenoxy) is 2.